The standard InChI is InChI=1S/C12H12O6/c1-17-11-4-3-7(5-9(11)14)8(13)6-10(15)12(16)18-2/h3-6,13-14H,1-2H3/b8-6+. The van der Waals surface area contributed by atoms with Crippen LogP contribution in [0.15, 0.2) is 24.3 Å². The van der Waals surface area contributed by atoms with Crippen LogP contribution in [0.5, 0.6) is 11.5 Å². The first-order chi connectivity index (χ1) is 8.49. The summed E-state index contributed by atoms with van der Waals surface area (Å²) < 4.78 is 9.02. The van der Waals surface area contributed by atoms with E-state index in [1.807, 2.05) is 0 Å². The van der Waals surface area contributed by atoms with Crippen molar-refractivity contribution in [2.75, 3.05) is 14.2 Å². The second-order valence-electron chi connectivity index (χ2n) is 3.27. The molecule has 0 atom stereocenters. The smallest absolute Gasteiger partial charge is 0.378 e. The van der Waals surface area contributed by atoms with E-state index in [9.17, 15) is 19.8 Å². The average Bonchev–Trinajstić information content (AvgIpc) is 2.37. The van der Waals surface area contributed by atoms with Crippen molar-refractivity contribution in [1.82, 2.24) is 0 Å². The summed E-state index contributed by atoms with van der Waals surface area (Å²) in [4.78, 5) is 22.0. The predicted molar refractivity (Wildman–Crippen MR) is 62.3 cm³/mol. The number of hydrogen-bond acceptors (Lipinski definition) is 6. The molecule has 0 radical (unpaired) electrons. The van der Waals surface area contributed by atoms with Gasteiger partial charge in [-0.2, -0.15) is 0 Å². The van der Waals surface area contributed by atoms with E-state index < -0.39 is 17.5 Å². The maximum absolute atomic E-state index is 11.2. The minimum absolute atomic E-state index is 0.172. The number of aromatic hydroxyl groups is 1. The van der Waals surface area contributed by atoms with Crippen LogP contribution in [0.4, 0.5) is 0 Å². The number of esters is 1. The molecule has 0 spiro atoms. The van der Waals surface area contributed by atoms with Gasteiger partial charge in [0.1, 0.15) is 5.76 Å². The van der Waals surface area contributed by atoms with Crippen LogP contribution >= 0.6 is 0 Å². The second-order valence-corrected chi connectivity index (χ2v) is 3.27. The van der Waals surface area contributed by atoms with E-state index in [4.69, 9.17) is 4.74 Å². The molecule has 0 saturated carbocycles. The van der Waals surface area contributed by atoms with E-state index in [1.165, 1.54) is 25.3 Å². The van der Waals surface area contributed by atoms with Gasteiger partial charge < -0.3 is 19.7 Å². The third-order valence-electron chi connectivity index (χ3n) is 2.13. The topological polar surface area (TPSA) is 93.1 Å². The molecule has 0 fully saturated rings. The van der Waals surface area contributed by atoms with Gasteiger partial charge in [0.2, 0.25) is 0 Å². The van der Waals surface area contributed by atoms with Gasteiger partial charge in [-0.1, -0.05) is 0 Å². The molecule has 0 aromatic heterocycles. The minimum Gasteiger partial charge on any atom is -0.507 e. The molecule has 1 rings (SSSR count). The van der Waals surface area contributed by atoms with Gasteiger partial charge in [0.15, 0.2) is 11.5 Å². The Hall–Kier alpha value is -2.50. The number of carbonyl (C=O) groups is 2. The summed E-state index contributed by atoms with van der Waals surface area (Å²) in [5.41, 5.74) is 0.172. The summed E-state index contributed by atoms with van der Waals surface area (Å²) in [7, 11) is 2.44. The van der Waals surface area contributed by atoms with Gasteiger partial charge in [0, 0.05) is 11.6 Å². The number of ketones is 1. The Morgan fingerprint density at radius 1 is 1.28 bits per heavy atom. The lowest BCUT2D eigenvalue weighted by atomic mass is 10.1. The largest absolute Gasteiger partial charge is 0.507 e. The van der Waals surface area contributed by atoms with E-state index in [0.717, 1.165) is 7.11 Å². The van der Waals surface area contributed by atoms with Gasteiger partial charge in [-0.15, -0.1) is 0 Å². The molecule has 0 aliphatic carbocycles. The molecule has 0 unspecified atom stereocenters. The highest BCUT2D eigenvalue weighted by Crippen LogP contribution is 2.28. The van der Waals surface area contributed by atoms with E-state index >= 15 is 0 Å². The van der Waals surface area contributed by atoms with Crippen molar-refractivity contribution in [3.63, 3.8) is 0 Å². The molecule has 6 nitrogen and oxygen atoms in total. The highest BCUT2D eigenvalue weighted by Gasteiger charge is 2.13. The number of benzene rings is 1. The summed E-state index contributed by atoms with van der Waals surface area (Å²) in [6.45, 7) is 0. The van der Waals surface area contributed by atoms with E-state index in [1.54, 1.807) is 0 Å². The molecule has 1 aromatic rings. The summed E-state index contributed by atoms with van der Waals surface area (Å²) in [6, 6.07) is 4.04. The summed E-state index contributed by atoms with van der Waals surface area (Å²) >= 11 is 0. The molecular formula is C12H12O6. The number of rotatable bonds is 4. The molecule has 0 saturated heterocycles. The fourth-order valence-corrected chi connectivity index (χ4v) is 1.22. The molecular weight excluding hydrogens is 240 g/mol. The molecule has 0 aliphatic heterocycles. The van der Waals surface area contributed by atoms with Crippen molar-refractivity contribution >= 4 is 17.5 Å². The average molecular weight is 252 g/mol. The van der Waals surface area contributed by atoms with Crippen LogP contribution in [0.3, 0.4) is 0 Å². The zero-order chi connectivity index (χ0) is 13.7. The van der Waals surface area contributed by atoms with Crippen LogP contribution in [-0.4, -0.2) is 36.2 Å². The quantitative estimate of drug-likeness (QED) is 0.360. The van der Waals surface area contributed by atoms with Crippen LogP contribution in [0.2, 0.25) is 0 Å². The monoisotopic (exact) mass is 252 g/mol. The van der Waals surface area contributed by atoms with Crippen molar-refractivity contribution in [2.45, 2.75) is 0 Å². The van der Waals surface area contributed by atoms with Crippen LogP contribution in [0, 0.1) is 0 Å². The third-order valence-corrected chi connectivity index (χ3v) is 2.13. The van der Waals surface area contributed by atoms with E-state index in [2.05, 4.69) is 4.74 Å². The fourth-order valence-electron chi connectivity index (χ4n) is 1.22. The summed E-state index contributed by atoms with van der Waals surface area (Å²) in [5, 5.41) is 19.1. The SMILES string of the molecule is COC(=O)C(=O)/C=C(/O)c1ccc(OC)c(O)c1. The summed E-state index contributed by atoms with van der Waals surface area (Å²) in [6.07, 6.45) is 0.715. The van der Waals surface area contributed by atoms with Crippen LogP contribution in [0.25, 0.3) is 5.76 Å². The first kappa shape index (κ1) is 13.6. The van der Waals surface area contributed by atoms with Crippen molar-refractivity contribution in [3.05, 3.63) is 29.8 Å². The number of phenols is 1. The van der Waals surface area contributed by atoms with Crippen molar-refractivity contribution < 1.29 is 29.3 Å². The molecule has 0 heterocycles. The lowest BCUT2D eigenvalue weighted by Gasteiger charge is -2.05. The molecule has 2 N–H and O–H groups in total. The number of ether oxygens (including phenoxy) is 2. The normalized spacial score (nSPS) is 10.9. The highest BCUT2D eigenvalue weighted by atomic mass is 16.5. The Bertz CT molecular complexity index is 503. The molecule has 1 aromatic carbocycles. The van der Waals surface area contributed by atoms with Crippen LogP contribution < -0.4 is 4.74 Å². The summed E-state index contributed by atoms with van der Waals surface area (Å²) in [5.74, 6) is -2.50. The molecule has 96 valence electrons. The van der Waals surface area contributed by atoms with Crippen molar-refractivity contribution in [2.24, 2.45) is 0 Å². The Morgan fingerprint density at radius 3 is 2.44 bits per heavy atom. The number of methoxy groups -OCH3 is 2. The first-order valence-corrected chi connectivity index (χ1v) is 4.90. The van der Waals surface area contributed by atoms with Gasteiger partial charge in [0.25, 0.3) is 5.78 Å². The Balaban J connectivity index is 3.00. The lowest BCUT2D eigenvalue weighted by Crippen LogP contribution is -2.13. The Labute approximate surface area is 103 Å². The number of hydrogen-bond donors (Lipinski definition) is 2. The van der Waals surface area contributed by atoms with Crippen LogP contribution in [-0.2, 0) is 14.3 Å². The zero-order valence-electron chi connectivity index (χ0n) is 9.84. The van der Waals surface area contributed by atoms with Gasteiger partial charge in [0.05, 0.1) is 14.2 Å². The Morgan fingerprint density at radius 2 is 1.94 bits per heavy atom. The first-order valence-electron chi connectivity index (χ1n) is 4.90. The minimum atomic E-state index is -1.08. The molecule has 6 heteroatoms. The molecule has 0 bridgehead atoms. The number of carbonyl (C=O) groups excluding carboxylic acids is 2. The fraction of sp³-hybridized carbons (Fsp3) is 0.167. The maximum Gasteiger partial charge on any atom is 0.378 e. The van der Waals surface area contributed by atoms with Crippen molar-refractivity contribution in [3.8, 4) is 11.5 Å². The second kappa shape index (κ2) is 5.72. The molecule has 18 heavy (non-hydrogen) atoms. The third kappa shape index (κ3) is 3.00. The highest BCUT2D eigenvalue weighted by molar-refractivity contribution is 6.39. The zero-order valence-corrected chi connectivity index (χ0v) is 9.84. The predicted octanol–water partition coefficient (Wildman–Crippen LogP) is 1.04. The Kier molecular flexibility index (Phi) is 4.31. The van der Waals surface area contributed by atoms with Gasteiger partial charge in [-0.3, -0.25) is 4.79 Å². The van der Waals surface area contributed by atoms with Gasteiger partial charge in [-0.25, -0.2) is 4.79 Å². The van der Waals surface area contributed by atoms with Crippen LogP contribution in [0.1, 0.15) is 5.56 Å². The lowest BCUT2D eigenvalue weighted by molar-refractivity contribution is -0.149. The number of aliphatic hydroxyl groups is 1. The van der Waals surface area contributed by atoms with Crippen molar-refractivity contribution in [1.29, 1.82) is 0 Å². The van der Waals surface area contributed by atoms with Gasteiger partial charge in [-0.05, 0) is 18.2 Å². The maximum atomic E-state index is 11.2. The number of phenolic OH excluding ortho intramolecular Hbond substituents is 1. The molecule has 0 amide bonds. The van der Waals surface area contributed by atoms with E-state index in [-0.39, 0.29) is 17.1 Å². The van der Waals surface area contributed by atoms with Gasteiger partial charge >= 0.3 is 5.97 Å². The molecule has 0 aliphatic rings. The van der Waals surface area contributed by atoms with E-state index in [0.29, 0.717) is 6.08 Å². The number of aliphatic hydroxyl groups excluding tert-OH is 1.